The number of rotatable bonds is 6. The van der Waals surface area contributed by atoms with E-state index in [1.807, 2.05) is 6.92 Å². The van der Waals surface area contributed by atoms with Crippen molar-refractivity contribution in [3.63, 3.8) is 0 Å². The molecule has 0 aliphatic carbocycles. The molecule has 0 amide bonds. The number of aliphatic hydroxyl groups is 1. The lowest BCUT2D eigenvalue weighted by atomic mass is 10.4. The third-order valence-electron chi connectivity index (χ3n) is 1.90. The van der Waals surface area contributed by atoms with Gasteiger partial charge in [-0.2, -0.15) is 0 Å². The SMILES string of the molecule is CCOCC(O)COc1ncc(Cl)c(N)c1Cl. The number of ether oxygens (including phenoxy) is 2. The molecule has 1 aromatic heterocycles. The summed E-state index contributed by atoms with van der Waals surface area (Å²) in [6, 6.07) is 0. The zero-order chi connectivity index (χ0) is 12.8. The van der Waals surface area contributed by atoms with Crippen molar-refractivity contribution in [1.82, 2.24) is 4.98 Å². The average molecular weight is 281 g/mol. The lowest BCUT2D eigenvalue weighted by Crippen LogP contribution is -2.23. The third kappa shape index (κ3) is 4.20. The Bertz CT molecular complexity index is 377. The molecule has 1 rings (SSSR count). The van der Waals surface area contributed by atoms with Crippen molar-refractivity contribution in [3.8, 4) is 5.88 Å². The fraction of sp³-hybridized carbons (Fsp3) is 0.500. The first-order valence-electron chi connectivity index (χ1n) is 5.04. The van der Waals surface area contributed by atoms with E-state index in [-0.39, 0.29) is 34.8 Å². The van der Waals surface area contributed by atoms with Crippen molar-refractivity contribution in [2.24, 2.45) is 0 Å². The highest BCUT2D eigenvalue weighted by atomic mass is 35.5. The van der Waals surface area contributed by atoms with Gasteiger partial charge in [0.25, 0.3) is 0 Å². The van der Waals surface area contributed by atoms with Gasteiger partial charge in [-0.25, -0.2) is 4.98 Å². The molecule has 1 unspecified atom stereocenters. The van der Waals surface area contributed by atoms with Crippen molar-refractivity contribution in [2.75, 3.05) is 25.6 Å². The van der Waals surface area contributed by atoms with Gasteiger partial charge in [0.1, 0.15) is 17.7 Å². The molecule has 1 heterocycles. The molecule has 0 aliphatic rings. The van der Waals surface area contributed by atoms with E-state index < -0.39 is 6.10 Å². The molecule has 17 heavy (non-hydrogen) atoms. The van der Waals surface area contributed by atoms with Crippen molar-refractivity contribution >= 4 is 28.9 Å². The minimum absolute atomic E-state index is 0.0216. The first-order chi connectivity index (χ1) is 8.06. The second kappa shape index (κ2) is 6.86. The zero-order valence-electron chi connectivity index (χ0n) is 9.32. The van der Waals surface area contributed by atoms with Crippen LogP contribution in [-0.4, -0.2) is 36.0 Å². The van der Waals surface area contributed by atoms with E-state index in [1.54, 1.807) is 0 Å². The van der Waals surface area contributed by atoms with Crippen molar-refractivity contribution in [3.05, 3.63) is 16.2 Å². The number of aliphatic hydroxyl groups excluding tert-OH is 1. The van der Waals surface area contributed by atoms with E-state index >= 15 is 0 Å². The van der Waals surface area contributed by atoms with Gasteiger partial charge in [-0.1, -0.05) is 23.2 Å². The van der Waals surface area contributed by atoms with Gasteiger partial charge in [-0.05, 0) is 6.92 Å². The number of anilines is 1. The molecule has 5 nitrogen and oxygen atoms in total. The Morgan fingerprint density at radius 1 is 1.47 bits per heavy atom. The normalized spacial score (nSPS) is 12.5. The predicted octanol–water partition coefficient (Wildman–Crippen LogP) is 1.75. The van der Waals surface area contributed by atoms with Gasteiger partial charge in [0.2, 0.25) is 5.88 Å². The van der Waals surface area contributed by atoms with E-state index in [0.29, 0.717) is 6.61 Å². The molecule has 1 atom stereocenters. The van der Waals surface area contributed by atoms with Gasteiger partial charge in [0.15, 0.2) is 0 Å². The highest BCUT2D eigenvalue weighted by molar-refractivity contribution is 6.39. The van der Waals surface area contributed by atoms with Crippen LogP contribution in [0.25, 0.3) is 0 Å². The molecular weight excluding hydrogens is 267 g/mol. The molecule has 0 saturated heterocycles. The number of halogens is 2. The summed E-state index contributed by atoms with van der Waals surface area (Å²) >= 11 is 11.6. The van der Waals surface area contributed by atoms with Crippen LogP contribution in [0, 0.1) is 0 Å². The molecule has 0 fully saturated rings. The van der Waals surface area contributed by atoms with Crippen molar-refractivity contribution in [2.45, 2.75) is 13.0 Å². The largest absolute Gasteiger partial charge is 0.474 e. The lowest BCUT2D eigenvalue weighted by Gasteiger charge is -2.13. The topological polar surface area (TPSA) is 77.6 Å². The molecule has 0 aliphatic heterocycles. The van der Waals surface area contributed by atoms with Crippen LogP contribution in [0.3, 0.4) is 0 Å². The number of nitrogens with zero attached hydrogens (tertiary/aromatic N) is 1. The summed E-state index contributed by atoms with van der Waals surface area (Å²) in [7, 11) is 0. The van der Waals surface area contributed by atoms with E-state index in [4.69, 9.17) is 38.4 Å². The van der Waals surface area contributed by atoms with E-state index in [2.05, 4.69) is 4.98 Å². The van der Waals surface area contributed by atoms with E-state index in [1.165, 1.54) is 6.20 Å². The van der Waals surface area contributed by atoms with E-state index in [0.717, 1.165) is 0 Å². The molecular formula is C10H14Cl2N2O3. The van der Waals surface area contributed by atoms with Crippen LogP contribution in [0.15, 0.2) is 6.20 Å². The predicted molar refractivity (Wildman–Crippen MR) is 66.7 cm³/mol. The Balaban J connectivity index is 2.55. The molecule has 0 aromatic carbocycles. The van der Waals surface area contributed by atoms with E-state index in [9.17, 15) is 5.11 Å². The van der Waals surface area contributed by atoms with Crippen LogP contribution in [0.1, 0.15) is 6.92 Å². The highest BCUT2D eigenvalue weighted by Gasteiger charge is 2.12. The first-order valence-corrected chi connectivity index (χ1v) is 5.80. The van der Waals surface area contributed by atoms with Crippen LogP contribution in [0.2, 0.25) is 10.0 Å². The third-order valence-corrected chi connectivity index (χ3v) is 2.57. The van der Waals surface area contributed by atoms with Gasteiger partial charge in [-0.15, -0.1) is 0 Å². The van der Waals surface area contributed by atoms with Crippen LogP contribution < -0.4 is 10.5 Å². The molecule has 3 N–H and O–H groups in total. The van der Waals surface area contributed by atoms with Gasteiger partial charge < -0.3 is 20.3 Å². The summed E-state index contributed by atoms with van der Waals surface area (Å²) < 4.78 is 10.2. The molecule has 1 aromatic rings. The molecule has 7 heteroatoms. The number of nitrogens with two attached hydrogens (primary N) is 1. The quantitative estimate of drug-likeness (QED) is 0.830. The summed E-state index contributed by atoms with van der Waals surface area (Å²) in [6.45, 7) is 2.58. The fourth-order valence-electron chi connectivity index (χ4n) is 1.04. The second-order valence-electron chi connectivity index (χ2n) is 3.26. The maximum absolute atomic E-state index is 9.48. The number of nitrogen functional groups attached to an aromatic ring is 1. The average Bonchev–Trinajstić information content (AvgIpc) is 2.32. The van der Waals surface area contributed by atoms with Crippen LogP contribution >= 0.6 is 23.2 Å². The standard InChI is InChI=1S/C10H14Cl2N2O3/c1-2-16-4-6(15)5-17-10-8(12)9(13)7(11)3-14-10/h3,6,15H,2,4-5H2,1H3,(H2,13,14). The monoisotopic (exact) mass is 280 g/mol. The second-order valence-corrected chi connectivity index (χ2v) is 4.05. The maximum atomic E-state index is 9.48. The minimum Gasteiger partial charge on any atom is -0.474 e. The van der Waals surface area contributed by atoms with Crippen LogP contribution in [0.4, 0.5) is 5.69 Å². The van der Waals surface area contributed by atoms with Crippen LogP contribution in [0.5, 0.6) is 5.88 Å². The van der Waals surface area contributed by atoms with Gasteiger partial charge in [0.05, 0.1) is 23.5 Å². The zero-order valence-corrected chi connectivity index (χ0v) is 10.8. The van der Waals surface area contributed by atoms with Crippen molar-refractivity contribution < 1.29 is 14.6 Å². The molecule has 96 valence electrons. The smallest absolute Gasteiger partial charge is 0.234 e. The molecule has 0 bridgehead atoms. The van der Waals surface area contributed by atoms with Crippen molar-refractivity contribution in [1.29, 1.82) is 0 Å². The Morgan fingerprint density at radius 2 is 2.18 bits per heavy atom. The highest BCUT2D eigenvalue weighted by Crippen LogP contribution is 2.33. The maximum Gasteiger partial charge on any atom is 0.234 e. The Morgan fingerprint density at radius 3 is 2.82 bits per heavy atom. The first kappa shape index (κ1) is 14.3. The lowest BCUT2D eigenvalue weighted by molar-refractivity contribution is 0.0155. The molecule has 0 radical (unpaired) electrons. The summed E-state index contributed by atoms with van der Waals surface area (Å²) in [5.74, 6) is 0.143. The van der Waals surface area contributed by atoms with Gasteiger partial charge >= 0.3 is 0 Å². The summed E-state index contributed by atoms with van der Waals surface area (Å²) in [4.78, 5) is 3.87. The molecule has 0 spiro atoms. The number of hydrogen-bond acceptors (Lipinski definition) is 5. The minimum atomic E-state index is -0.746. The number of pyridine rings is 1. The fourth-order valence-corrected chi connectivity index (χ4v) is 1.44. The Kier molecular flexibility index (Phi) is 5.77. The van der Waals surface area contributed by atoms with Crippen LogP contribution in [-0.2, 0) is 4.74 Å². The summed E-state index contributed by atoms with van der Waals surface area (Å²) in [5, 5.41) is 9.88. The number of hydrogen-bond donors (Lipinski definition) is 2. The molecule has 0 saturated carbocycles. The Labute approximate surface area is 109 Å². The number of aromatic nitrogens is 1. The summed E-state index contributed by atoms with van der Waals surface area (Å²) in [5.41, 5.74) is 5.80. The van der Waals surface area contributed by atoms with Gasteiger partial charge in [0, 0.05) is 6.61 Å². The Hall–Kier alpha value is -0.750. The van der Waals surface area contributed by atoms with Gasteiger partial charge in [-0.3, -0.25) is 0 Å². The summed E-state index contributed by atoms with van der Waals surface area (Å²) in [6.07, 6.45) is 0.595.